The third-order valence-electron chi connectivity index (χ3n) is 3.15. The first kappa shape index (κ1) is 13.4. The molecule has 0 fully saturated rings. The molecule has 7 heteroatoms. The van der Waals surface area contributed by atoms with Gasteiger partial charge in [-0.2, -0.15) is 0 Å². The maximum absolute atomic E-state index is 11.5. The summed E-state index contributed by atoms with van der Waals surface area (Å²) in [5.41, 5.74) is 0.324. The molecule has 0 saturated carbocycles. The Labute approximate surface area is 123 Å². The van der Waals surface area contributed by atoms with E-state index < -0.39 is 11.6 Å². The average molecular weight is 304 g/mol. The SMILES string of the molecule is Cn1cccc1CNc1cc2oc(=O)c(C(=O)O)cc2s1. The highest BCUT2D eigenvalue weighted by Crippen LogP contribution is 2.29. The highest BCUT2D eigenvalue weighted by Gasteiger charge is 2.14. The number of carboxylic acids is 1. The van der Waals surface area contributed by atoms with Gasteiger partial charge in [0.1, 0.15) is 5.56 Å². The van der Waals surface area contributed by atoms with Crippen LogP contribution in [0.4, 0.5) is 5.00 Å². The van der Waals surface area contributed by atoms with Gasteiger partial charge in [0.05, 0.1) is 16.2 Å². The number of carboxylic acid groups (broad SMARTS) is 1. The average Bonchev–Trinajstić information content (AvgIpc) is 3.00. The van der Waals surface area contributed by atoms with Crippen molar-refractivity contribution in [2.24, 2.45) is 7.05 Å². The Kier molecular flexibility index (Phi) is 3.26. The van der Waals surface area contributed by atoms with E-state index in [1.165, 1.54) is 17.4 Å². The normalized spacial score (nSPS) is 10.9. The van der Waals surface area contributed by atoms with Crippen LogP contribution in [-0.2, 0) is 13.6 Å². The van der Waals surface area contributed by atoms with Crippen LogP contribution < -0.4 is 10.9 Å². The smallest absolute Gasteiger partial charge is 0.351 e. The van der Waals surface area contributed by atoms with E-state index in [1.54, 1.807) is 6.07 Å². The minimum Gasteiger partial charge on any atom is -0.477 e. The number of aryl methyl sites for hydroxylation is 1. The van der Waals surface area contributed by atoms with Crippen LogP contribution in [0, 0.1) is 0 Å². The first-order chi connectivity index (χ1) is 10.0. The lowest BCUT2D eigenvalue weighted by molar-refractivity contribution is 0.0692. The van der Waals surface area contributed by atoms with Gasteiger partial charge in [-0.1, -0.05) is 0 Å². The summed E-state index contributed by atoms with van der Waals surface area (Å²) in [5.74, 6) is -1.28. The van der Waals surface area contributed by atoms with Crippen LogP contribution in [0.2, 0.25) is 0 Å². The van der Waals surface area contributed by atoms with Crippen molar-refractivity contribution in [3.63, 3.8) is 0 Å². The maximum Gasteiger partial charge on any atom is 0.351 e. The van der Waals surface area contributed by atoms with E-state index in [0.29, 0.717) is 16.8 Å². The van der Waals surface area contributed by atoms with Crippen LogP contribution in [-0.4, -0.2) is 15.6 Å². The summed E-state index contributed by atoms with van der Waals surface area (Å²) < 4.78 is 7.65. The molecule has 2 N–H and O–H groups in total. The number of nitrogens with one attached hydrogen (secondary N) is 1. The topological polar surface area (TPSA) is 84.5 Å². The third-order valence-corrected chi connectivity index (χ3v) is 4.17. The van der Waals surface area contributed by atoms with Crippen molar-refractivity contribution in [3.8, 4) is 0 Å². The molecule has 0 aromatic carbocycles. The summed E-state index contributed by atoms with van der Waals surface area (Å²) in [4.78, 5) is 22.4. The van der Waals surface area contributed by atoms with E-state index in [4.69, 9.17) is 9.52 Å². The Balaban J connectivity index is 1.89. The first-order valence-corrected chi connectivity index (χ1v) is 7.01. The quantitative estimate of drug-likeness (QED) is 0.773. The zero-order valence-corrected chi connectivity index (χ0v) is 11.9. The van der Waals surface area contributed by atoms with Crippen LogP contribution in [0.5, 0.6) is 0 Å². The minimum absolute atomic E-state index is 0.349. The summed E-state index contributed by atoms with van der Waals surface area (Å²) in [5, 5.41) is 13.0. The zero-order chi connectivity index (χ0) is 15.0. The number of carbonyl (C=O) groups is 1. The predicted molar refractivity (Wildman–Crippen MR) is 80.1 cm³/mol. The van der Waals surface area contributed by atoms with Crippen LogP contribution in [0.15, 0.2) is 39.7 Å². The zero-order valence-electron chi connectivity index (χ0n) is 11.1. The van der Waals surface area contributed by atoms with Gasteiger partial charge in [-0.3, -0.25) is 0 Å². The summed E-state index contributed by atoms with van der Waals surface area (Å²) >= 11 is 1.35. The van der Waals surface area contributed by atoms with Gasteiger partial charge in [-0.15, -0.1) is 11.3 Å². The van der Waals surface area contributed by atoms with Gasteiger partial charge in [0.25, 0.3) is 0 Å². The molecule has 0 saturated heterocycles. The number of fused-ring (bicyclic) bond motifs is 1. The van der Waals surface area contributed by atoms with Crippen molar-refractivity contribution in [1.82, 2.24) is 4.57 Å². The summed E-state index contributed by atoms with van der Waals surface area (Å²) in [7, 11) is 1.96. The molecule has 0 radical (unpaired) electrons. The molecule has 3 rings (SSSR count). The van der Waals surface area contributed by atoms with Gasteiger partial charge in [0.15, 0.2) is 5.58 Å². The highest BCUT2D eigenvalue weighted by atomic mass is 32.1. The Bertz CT molecular complexity index is 875. The summed E-state index contributed by atoms with van der Waals surface area (Å²) in [6.45, 7) is 0.631. The van der Waals surface area contributed by atoms with E-state index in [-0.39, 0.29) is 5.56 Å². The van der Waals surface area contributed by atoms with Crippen LogP contribution >= 0.6 is 11.3 Å². The fourth-order valence-corrected chi connectivity index (χ4v) is 2.93. The molecular weight excluding hydrogens is 292 g/mol. The Morgan fingerprint density at radius 2 is 2.29 bits per heavy atom. The maximum atomic E-state index is 11.5. The molecule has 0 aliphatic heterocycles. The molecule has 3 aromatic rings. The van der Waals surface area contributed by atoms with Gasteiger partial charge in [0, 0.05) is 25.0 Å². The molecule has 0 aliphatic rings. The van der Waals surface area contributed by atoms with Crippen molar-refractivity contribution < 1.29 is 14.3 Å². The molecule has 21 heavy (non-hydrogen) atoms. The fourth-order valence-electron chi connectivity index (χ4n) is 2.01. The number of anilines is 1. The molecule has 0 atom stereocenters. The van der Waals surface area contributed by atoms with E-state index >= 15 is 0 Å². The number of aromatic carboxylic acids is 1. The third kappa shape index (κ3) is 2.55. The molecule has 0 bridgehead atoms. The van der Waals surface area contributed by atoms with Crippen molar-refractivity contribution in [2.75, 3.05) is 5.32 Å². The molecule has 0 amide bonds. The molecule has 3 aromatic heterocycles. The van der Waals surface area contributed by atoms with Crippen molar-refractivity contribution >= 4 is 32.6 Å². The van der Waals surface area contributed by atoms with Crippen LogP contribution in [0.1, 0.15) is 16.1 Å². The van der Waals surface area contributed by atoms with Crippen molar-refractivity contribution in [2.45, 2.75) is 6.54 Å². The monoisotopic (exact) mass is 304 g/mol. The van der Waals surface area contributed by atoms with E-state index in [1.807, 2.05) is 29.9 Å². The van der Waals surface area contributed by atoms with Crippen LogP contribution in [0.25, 0.3) is 10.3 Å². The van der Waals surface area contributed by atoms with Gasteiger partial charge >= 0.3 is 11.6 Å². The lowest BCUT2D eigenvalue weighted by atomic mass is 10.3. The number of hydrogen-bond acceptors (Lipinski definition) is 5. The number of thiophene rings is 1. The summed E-state index contributed by atoms with van der Waals surface area (Å²) in [6.07, 6.45) is 1.96. The van der Waals surface area contributed by atoms with E-state index in [0.717, 1.165) is 10.7 Å². The van der Waals surface area contributed by atoms with E-state index in [2.05, 4.69) is 5.32 Å². The Morgan fingerprint density at radius 1 is 1.48 bits per heavy atom. The fraction of sp³-hybridized carbons (Fsp3) is 0.143. The molecular formula is C14H12N2O4S. The Hall–Kier alpha value is -2.54. The lowest BCUT2D eigenvalue weighted by Crippen LogP contribution is -2.12. The highest BCUT2D eigenvalue weighted by molar-refractivity contribution is 7.22. The molecule has 3 heterocycles. The second kappa shape index (κ2) is 5.10. The molecule has 6 nitrogen and oxygen atoms in total. The molecule has 0 aliphatic carbocycles. The second-order valence-electron chi connectivity index (χ2n) is 4.56. The van der Waals surface area contributed by atoms with Crippen molar-refractivity contribution in [3.05, 3.63) is 52.1 Å². The summed E-state index contributed by atoms with van der Waals surface area (Å²) in [6, 6.07) is 7.01. The second-order valence-corrected chi connectivity index (χ2v) is 5.64. The lowest BCUT2D eigenvalue weighted by Gasteiger charge is -2.04. The van der Waals surface area contributed by atoms with Gasteiger partial charge < -0.3 is 19.4 Å². The number of nitrogens with zero attached hydrogens (tertiary/aromatic N) is 1. The first-order valence-electron chi connectivity index (χ1n) is 6.19. The molecule has 108 valence electrons. The van der Waals surface area contributed by atoms with Gasteiger partial charge in [-0.05, 0) is 18.2 Å². The molecule has 0 unspecified atom stereocenters. The van der Waals surface area contributed by atoms with Crippen molar-refractivity contribution in [1.29, 1.82) is 0 Å². The predicted octanol–water partition coefficient (Wildman–Crippen LogP) is 2.50. The minimum atomic E-state index is -1.28. The van der Waals surface area contributed by atoms with Crippen LogP contribution in [0.3, 0.4) is 0 Å². The number of rotatable bonds is 4. The number of hydrogen-bond donors (Lipinski definition) is 2. The van der Waals surface area contributed by atoms with Gasteiger partial charge in [-0.25, -0.2) is 9.59 Å². The largest absolute Gasteiger partial charge is 0.477 e. The Morgan fingerprint density at radius 3 is 2.95 bits per heavy atom. The van der Waals surface area contributed by atoms with E-state index in [9.17, 15) is 9.59 Å². The number of aromatic nitrogens is 1. The molecule has 0 spiro atoms. The standard InChI is InChI=1S/C14H12N2O4S/c1-16-4-2-3-8(16)7-15-12-6-10-11(21-12)5-9(13(17)18)14(19)20-10/h2-6,15H,7H2,1H3,(H,17,18). The van der Waals surface area contributed by atoms with Gasteiger partial charge in [0.2, 0.25) is 0 Å².